The van der Waals surface area contributed by atoms with Gasteiger partial charge in [-0.15, -0.1) is 0 Å². The van der Waals surface area contributed by atoms with Gasteiger partial charge in [0, 0.05) is 18.3 Å². The first-order chi connectivity index (χ1) is 8.17. The lowest BCUT2D eigenvalue weighted by Gasteiger charge is -2.15. The zero-order chi connectivity index (χ0) is 12.7. The van der Waals surface area contributed by atoms with E-state index in [1.807, 2.05) is 26.0 Å². The number of esters is 1. The van der Waals surface area contributed by atoms with E-state index in [2.05, 4.69) is 10.1 Å². The minimum Gasteiger partial charge on any atom is -0.465 e. The molecule has 1 rings (SSSR count). The maximum Gasteiger partial charge on any atom is 0.337 e. The molecule has 1 N–H and O–H groups in total. The Kier molecular flexibility index (Phi) is 5.49. The van der Waals surface area contributed by atoms with E-state index in [9.17, 15) is 4.79 Å². The van der Waals surface area contributed by atoms with Gasteiger partial charge in [-0.3, -0.25) is 0 Å². The van der Waals surface area contributed by atoms with E-state index in [1.165, 1.54) is 7.11 Å². The van der Waals surface area contributed by atoms with Crippen LogP contribution >= 0.6 is 0 Å². The topological polar surface area (TPSA) is 47.6 Å². The zero-order valence-corrected chi connectivity index (χ0v) is 10.5. The molecule has 1 aromatic rings. The Morgan fingerprint density at radius 1 is 1.35 bits per heavy atom. The first kappa shape index (κ1) is 13.5. The lowest BCUT2D eigenvalue weighted by atomic mass is 10.2. The molecule has 0 aliphatic heterocycles. The minimum atomic E-state index is -0.320. The smallest absolute Gasteiger partial charge is 0.337 e. The Morgan fingerprint density at radius 2 is 2.00 bits per heavy atom. The predicted octanol–water partition coefficient (Wildman–Crippen LogP) is 2.31. The molecule has 0 heterocycles. The summed E-state index contributed by atoms with van der Waals surface area (Å²) in [6.45, 7) is 5.39. The van der Waals surface area contributed by atoms with Gasteiger partial charge in [0.1, 0.15) is 0 Å². The van der Waals surface area contributed by atoms with Crippen molar-refractivity contribution in [3.8, 4) is 0 Å². The monoisotopic (exact) mass is 237 g/mol. The maximum atomic E-state index is 11.2. The predicted molar refractivity (Wildman–Crippen MR) is 67.4 cm³/mol. The van der Waals surface area contributed by atoms with Crippen LogP contribution in [0.2, 0.25) is 0 Å². The third-order valence-electron chi connectivity index (χ3n) is 2.29. The third kappa shape index (κ3) is 4.44. The Balaban J connectivity index is 2.53. The number of carbonyl (C=O) groups is 1. The van der Waals surface area contributed by atoms with Crippen LogP contribution < -0.4 is 5.32 Å². The van der Waals surface area contributed by atoms with Crippen molar-refractivity contribution in [2.24, 2.45) is 0 Å². The summed E-state index contributed by atoms with van der Waals surface area (Å²) >= 11 is 0. The Labute approximate surface area is 102 Å². The quantitative estimate of drug-likeness (QED) is 0.771. The second-order valence-electron chi connectivity index (χ2n) is 3.77. The number of benzene rings is 1. The average Bonchev–Trinajstić information content (AvgIpc) is 2.36. The second-order valence-corrected chi connectivity index (χ2v) is 3.77. The van der Waals surface area contributed by atoms with E-state index < -0.39 is 0 Å². The summed E-state index contributed by atoms with van der Waals surface area (Å²) in [5, 5.41) is 3.28. The summed E-state index contributed by atoms with van der Waals surface area (Å²) in [5.41, 5.74) is 1.51. The summed E-state index contributed by atoms with van der Waals surface area (Å²) in [6, 6.07) is 7.42. The van der Waals surface area contributed by atoms with Crippen molar-refractivity contribution < 1.29 is 14.3 Å². The lowest BCUT2D eigenvalue weighted by Crippen LogP contribution is -2.21. The largest absolute Gasteiger partial charge is 0.465 e. The Bertz CT molecular complexity index is 348. The van der Waals surface area contributed by atoms with E-state index in [-0.39, 0.29) is 12.0 Å². The number of hydrogen-bond acceptors (Lipinski definition) is 4. The molecule has 94 valence electrons. The molecule has 4 heteroatoms. The van der Waals surface area contributed by atoms with Crippen molar-refractivity contribution in [1.82, 2.24) is 0 Å². The van der Waals surface area contributed by atoms with Gasteiger partial charge < -0.3 is 14.8 Å². The zero-order valence-electron chi connectivity index (χ0n) is 10.5. The molecular formula is C13H19NO3. The number of hydrogen-bond donors (Lipinski definition) is 1. The summed E-state index contributed by atoms with van der Waals surface area (Å²) < 4.78 is 9.94. The van der Waals surface area contributed by atoms with Gasteiger partial charge in [-0.05, 0) is 38.1 Å². The van der Waals surface area contributed by atoms with Crippen molar-refractivity contribution in [1.29, 1.82) is 0 Å². The van der Waals surface area contributed by atoms with Crippen LogP contribution in [0.15, 0.2) is 24.3 Å². The molecule has 0 amide bonds. The molecule has 0 spiro atoms. The van der Waals surface area contributed by atoms with E-state index in [4.69, 9.17) is 4.74 Å². The van der Waals surface area contributed by atoms with Gasteiger partial charge >= 0.3 is 5.97 Å². The first-order valence-electron chi connectivity index (χ1n) is 5.70. The van der Waals surface area contributed by atoms with Crippen LogP contribution in [0.1, 0.15) is 24.2 Å². The molecule has 0 bridgehead atoms. The normalized spacial score (nSPS) is 11.9. The number of nitrogens with one attached hydrogen (secondary N) is 1. The van der Waals surface area contributed by atoms with Crippen LogP contribution in [0.4, 0.5) is 5.69 Å². The first-order valence-corrected chi connectivity index (χ1v) is 5.70. The summed E-state index contributed by atoms with van der Waals surface area (Å²) in [6.07, 6.45) is 0. The molecular weight excluding hydrogens is 218 g/mol. The maximum absolute atomic E-state index is 11.2. The molecule has 0 radical (unpaired) electrons. The van der Waals surface area contributed by atoms with Crippen molar-refractivity contribution in [3.05, 3.63) is 29.8 Å². The van der Waals surface area contributed by atoms with Crippen LogP contribution in [0.3, 0.4) is 0 Å². The fourth-order valence-electron chi connectivity index (χ4n) is 1.44. The third-order valence-corrected chi connectivity index (χ3v) is 2.29. The van der Waals surface area contributed by atoms with Crippen LogP contribution in [-0.2, 0) is 9.47 Å². The van der Waals surface area contributed by atoms with Crippen molar-refractivity contribution in [3.63, 3.8) is 0 Å². The Morgan fingerprint density at radius 3 is 2.53 bits per heavy atom. The molecule has 1 aromatic carbocycles. The fraction of sp³-hybridized carbons (Fsp3) is 0.462. The van der Waals surface area contributed by atoms with Gasteiger partial charge in [-0.2, -0.15) is 0 Å². The van der Waals surface area contributed by atoms with Crippen LogP contribution in [-0.4, -0.2) is 32.3 Å². The van der Waals surface area contributed by atoms with Crippen LogP contribution in [0.5, 0.6) is 0 Å². The Hall–Kier alpha value is -1.55. The number of anilines is 1. The van der Waals surface area contributed by atoms with Gasteiger partial charge in [0.25, 0.3) is 0 Å². The van der Waals surface area contributed by atoms with Crippen molar-refractivity contribution in [2.45, 2.75) is 19.9 Å². The molecule has 0 aliphatic rings. The molecule has 0 saturated heterocycles. The van der Waals surface area contributed by atoms with Gasteiger partial charge in [0.2, 0.25) is 0 Å². The highest BCUT2D eigenvalue weighted by Crippen LogP contribution is 2.11. The highest BCUT2D eigenvalue weighted by atomic mass is 16.5. The summed E-state index contributed by atoms with van der Waals surface area (Å²) in [7, 11) is 1.37. The molecule has 4 nitrogen and oxygen atoms in total. The highest BCUT2D eigenvalue weighted by Gasteiger charge is 2.05. The summed E-state index contributed by atoms with van der Waals surface area (Å²) in [4.78, 5) is 11.2. The van der Waals surface area contributed by atoms with Gasteiger partial charge in [-0.1, -0.05) is 0 Å². The lowest BCUT2D eigenvalue weighted by molar-refractivity contribution is 0.0601. The molecule has 0 aliphatic carbocycles. The highest BCUT2D eigenvalue weighted by molar-refractivity contribution is 5.89. The number of carbonyl (C=O) groups excluding carboxylic acids is 1. The van der Waals surface area contributed by atoms with Gasteiger partial charge in [0.05, 0.1) is 19.3 Å². The van der Waals surface area contributed by atoms with Crippen molar-refractivity contribution >= 4 is 11.7 Å². The molecule has 1 unspecified atom stereocenters. The average molecular weight is 237 g/mol. The fourth-order valence-corrected chi connectivity index (χ4v) is 1.44. The molecule has 1 atom stereocenters. The van der Waals surface area contributed by atoms with E-state index in [1.54, 1.807) is 12.1 Å². The van der Waals surface area contributed by atoms with Gasteiger partial charge in [0.15, 0.2) is 0 Å². The molecule has 0 saturated carbocycles. The number of ether oxygens (including phenoxy) is 2. The molecule has 17 heavy (non-hydrogen) atoms. The number of rotatable bonds is 6. The SMILES string of the molecule is CCOCC(C)Nc1ccc(C(=O)OC)cc1. The van der Waals surface area contributed by atoms with Gasteiger partial charge in [-0.25, -0.2) is 4.79 Å². The molecule has 0 fully saturated rings. The van der Waals surface area contributed by atoms with E-state index in [0.717, 1.165) is 5.69 Å². The van der Waals surface area contributed by atoms with Crippen LogP contribution in [0, 0.1) is 0 Å². The number of methoxy groups -OCH3 is 1. The molecule has 0 aromatic heterocycles. The van der Waals surface area contributed by atoms with E-state index >= 15 is 0 Å². The van der Waals surface area contributed by atoms with Crippen LogP contribution in [0.25, 0.3) is 0 Å². The minimum absolute atomic E-state index is 0.235. The summed E-state index contributed by atoms with van der Waals surface area (Å²) in [5.74, 6) is -0.320. The standard InChI is InChI=1S/C13H19NO3/c1-4-17-9-10(2)14-12-7-5-11(6-8-12)13(15)16-3/h5-8,10,14H,4,9H2,1-3H3. The van der Waals surface area contributed by atoms with E-state index in [0.29, 0.717) is 18.8 Å². The van der Waals surface area contributed by atoms with Crippen molar-refractivity contribution in [2.75, 3.05) is 25.6 Å². The second kappa shape index (κ2) is 6.91.